The maximum atomic E-state index is 9.00. The number of pyridine rings is 1. The Labute approximate surface area is 109 Å². The molecule has 0 bridgehead atoms. The second kappa shape index (κ2) is 4.28. The van der Waals surface area contributed by atoms with Gasteiger partial charge < -0.3 is 10.2 Å². The molecule has 2 atom stereocenters. The van der Waals surface area contributed by atoms with Gasteiger partial charge in [-0.2, -0.15) is 5.26 Å². The maximum Gasteiger partial charge on any atom is 0.123 e. The van der Waals surface area contributed by atoms with Crippen molar-refractivity contribution >= 4 is 21.6 Å². The molecule has 0 spiro atoms. The number of nitrogens with one attached hydrogen (secondary N) is 1. The van der Waals surface area contributed by atoms with E-state index >= 15 is 0 Å². The van der Waals surface area contributed by atoms with E-state index in [-0.39, 0.29) is 0 Å². The van der Waals surface area contributed by atoms with E-state index < -0.39 is 0 Å². The highest BCUT2D eigenvalue weighted by molar-refractivity contribution is 9.10. The van der Waals surface area contributed by atoms with Gasteiger partial charge in [0.25, 0.3) is 0 Å². The Kier molecular flexibility index (Phi) is 2.77. The molecule has 0 amide bonds. The number of hydrogen-bond acceptors (Lipinski definition) is 4. The predicted molar refractivity (Wildman–Crippen MR) is 68.8 cm³/mol. The molecule has 0 unspecified atom stereocenters. The standard InChI is InChI=1S/C12H13BrN4/c13-12-9(4-14)3-10(5-16-12)17-6-8-1-2-15-11(8)7-17/h3,5,8,11,15H,1-2,6-7H2/t8-,11+/m1/s1. The fraction of sp³-hybridized carbons (Fsp3) is 0.500. The van der Waals surface area contributed by atoms with E-state index in [0.29, 0.717) is 16.2 Å². The van der Waals surface area contributed by atoms with Gasteiger partial charge in [0, 0.05) is 19.1 Å². The van der Waals surface area contributed by atoms with E-state index in [0.717, 1.165) is 31.2 Å². The van der Waals surface area contributed by atoms with Crippen LogP contribution in [-0.4, -0.2) is 30.7 Å². The number of anilines is 1. The molecule has 2 aliphatic heterocycles. The molecular formula is C12H13BrN4. The Balaban J connectivity index is 1.84. The molecule has 1 aromatic heterocycles. The minimum Gasteiger partial charge on any atom is -0.368 e. The number of nitriles is 1. The maximum absolute atomic E-state index is 9.00. The van der Waals surface area contributed by atoms with Gasteiger partial charge in [0.2, 0.25) is 0 Å². The monoisotopic (exact) mass is 292 g/mol. The van der Waals surface area contributed by atoms with Crippen molar-refractivity contribution < 1.29 is 0 Å². The molecule has 1 aromatic rings. The van der Waals surface area contributed by atoms with Crippen LogP contribution in [0.25, 0.3) is 0 Å². The quantitative estimate of drug-likeness (QED) is 0.798. The molecule has 0 radical (unpaired) electrons. The summed E-state index contributed by atoms with van der Waals surface area (Å²) < 4.78 is 0.626. The van der Waals surface area contributed by atoms with Crippen LogP contribution in [0.15, 0.2) is 16.9 Å². The Morgan fingerprint density at radius 2 is 2.41 bits per heavy atom. The summed E-state index contributed by atoms with van der Waals surface area (Å²) in [5, 5.41) is 12.5. The van der Waals surface area contributed by atoms with Crippen molar-refractivity contribution in [2.75, 3.05) is 24.5 Å². The van der Waals surface area contributed by atoms with Crippen LogP contribution in [-0.2, 0) is 0 Å². The number of fused-ring (bicyclic) bond motifs is 1. The third-order valence-corrected chi connectivity index (χ3v) is 4.30. The summed E-state index contributed by atoms with van der Waals surface area (Å²) in [5.74, 6) is 0.754. The normalized spacial score (nSPS) is 26.9. The van der Waals surface area contributed by atoms with E-state index in [1.165, 1.54) is 6.42 Å². The molecule has 1 N–H and O–H groups in total. The molecule has 5 heteroatoms. The number of nitrogens with zero attached hydrogens (tertiary/aromatic N) is 3. The molecule has 2 aliphatic rings. The Bertz CT molecular complexity index is 470. The lowest BCUT2D eigenvalue weighted by Gasteiger charge is -2.19. The van der Waals surface area contributed by atoms with Crippen molar-refractivity contribution in [3.05, 3.63) is 22.4 Å². The molecule has 0 aromatic carbocycles. The van der Waals surface area contributed by atoms with Gasteiger partial charge in [-0.1, -0.05) is 0 Å². The minimum absolute atomic E-state index is 0.604. The van der Waals surface area contributed by atoms with E-state index in [1.54, 1.807) is 0 Å². The fourth-order valence-corrected chi connectivity index (χ4v) is 3.05. The first kappa shape index (κ1) is 11.0. The van der Waals surface area contributed by atoms with Crippen LogP contribution in [0.3, 0.4) is 0 Å². The van der Waals surface area contributed by atoms with Crippen molar-refractivity contribution in [2.45, 2.75) is 12.5 Å². The van der Waals surface area contributed by atoms with Gasteiger partial charge in [-0.3, -0.25) is 0 Å². The number of hydrogen-bond donors (Lipinski definition) is 1. The molecule has 2 fully saturated rings. The molecule has 3 rings (SSSR count). The molecule has 3 heterocycles. The van der Waals surface area contributed by atoms with Crippen LogP contribution in [0.2, 0.25) is 0 Å². The Morgan fingerprint density at radius 3 is 3.18 bits per heavy atom. The highest BCUT2D eigenvalue weighted by atomic mass is 79.9. The third-order valence-electron chi connectivity index (χ3n) is 3.67. The first-order valence-electron chi connectivity index (χ1n) is 5.82. The van der Waals surface area contributed by atoms with E-state index in [1.807, 2.05) is 12.3 Å². The van der Waals surface area contributed by atoms with Gasteiger partial charge in [0.05, 0.1) is 17.4 Å². The average molecular weight is 293 g/mol. The zero-order chi connectivity index (χ0) is 11.8. The molecule has 4 nitrogen and oxygen atoms in total. The number of rotatable bonds is 1. The van der Waals surface area contributed by atoms with Gasteiger partial charge in [-0.25, -0.2) is 4.98 Å². The van der Waals surface area contributed by atoms with Crippen molar-refractivity contribution in [1.82, 2.24) is 10.3 Å². The lowest BCUT2D eigenvalue weighted by molar-refractivity contribution is 0.556. The fourth-order valence-electron chi connectivity index (χ4n) is 2.75. The van der Waals surface area contributed by atoms with Gasteiger partial charge in [-0.15, -0.1) is 0 Å². The van der Waals surface area contributed by atoms with Crippen molar-refractivity contribution in [3.8, 4) is 6.07 Å². The van der Waals surface area contributed by atoms with Crippen LogP contribution in [0, 0.1) is 17.2 Å². The van der Waals surface area contributed by atoms with Crippen LogP contribution < -0.4 is 10.2 Å². The first-order valence-corrected chi connectivity index (χ1v) is 6.61. The molecule has 88 valence electrons. The van der Waals surface area contributed by atoms with Crippen molar-refractivity contribution in [1.29, 1.82) is 5.26 Å². The van der Waals surface area contributed by atoms with Gasteiger partial charge in [0.1, 0.15) is 10.7 Å². The van der Waals surface area contributed by atoms with Crippen molar-refractivity contribution in [3.63, 3.8) is 0 Å². The molecule has 17 heavy (non-hydrogen) atoms. The third kappa shape index (κ3) is 1.92. The summed E-state index contributed by atoms with van der Waals surface area (Å²) in [6.07, 6.45) is 3.10. The lowest BCUT2D eigenvalue weighted by atomic mass is 10.1. The molecule has 0 saturated carbocycles. The van der Waals surface area contributed by atoms with Crippen LogP contribution >= 0.6 is 15.9 Å². The zero-order valence-corrected chi connectivity index (χ0v) is 10.9. The van der Waals surface area contributed by atoms with Crippen LogP contribution in [0.1, 0.15) is 12.0 Å². The van der Waals surface area contributed by atoms with E-state index in [4.69, 9.17) is 5.26 Å². The summed E-state index contributed by atoms with van der Waals surface area (Å²) in [5.41, 5.74) is 1.66. The Morgan fingerprint density at radius 1 is 1.53 bits per heavy atom. The molecule has 0 aliphatic carbocycles. The SMILES string of the molecule is N#Cc1cc(N2C[C@H]3CCN[C@H]3C2)cnc1Br. The van der Waals surface area contributed by atoms with Crippen molar-refractivity contribution in [2.24, 2.45) is 5.92 Å². The molecular weight excluding hydrogens is 280 g/mol. The average Bonchev–Trinajstić information content (AvgIpc) is 2.90. The molecule has 2 saturated heterocycles. The summed E-state index contributed by atoms with van der Waals surface area (Å²) in [7, 11) is 0. The predicted octanol–water partition coefficient (Wildman–Crippen LogP) is 1.51. The number of aromatic nitrogens is 1. The van der Waals surface area contributed by atoms with Gasteiger partial charge in [0.15, 0.2) is 0 Å². The minimum atomic E-state index is 0.604. The van der Waals surface area contributed by atoms with E-state index in [2.05, 4.69) is 37.2 Å². The first-order chi connectivity index (χ1) is 8.28. The summed E-state index contributed by atoms with van der Waals surface area (Å²) in [4.78, 5) is 6.54. The van der Waals surface area contributed by atoms with Crippen LogP contribution in [0.5, 0.6) is 0 Å². The summed E-state index contributed by atoms with van der Waals surface area (Å²) in [6.45, 7) is 3.25. The van der Waals surface area contributed by atoms with E-state index in [9.17, 15) is 0 Å². The highest BCUT2D eigenvalue weighted by Gasteiger charge is 2.36. The summed E-state index contributed by atoms with van der Waals surface area (Å²) in [6, 6.07) is 4.69. The second-order valence-corrected chi connectivity index (χ2v) is 5.41. The largest absolute Gasteiger partial charge is 0.368 e. The highest BCUT2D eigenvalue weighted by Crippen LogP contribution is 2.29. The number of halogens is 1. The zero-order valence-electron chi connectivity index (χ0n) is 9.36. The topological polar surface area (TPSA) is 52.0 Å². The lowest BCUT2D eigenvalue weighted by Crippen LogP contribution is -2.30. The second-order valence-electron chi connectivity index (χ2n) is 4.66. The van der Waals surface area contributed by atoms with Crippen LogP contribution in [0.4, 0.5) is 5.69 Å². The summed E-state index contributed by atoms with van der Waals surface area (Å²) >= 11 is 3.28. The van der Waals surface area contributed by atoms with Gasteiger partial charge >= 0.3 is 0 Å². The van der Waals surface area contributed by atoms with Gasteiger partial charge in [-0.05, 0) is 40.9 Å². The smallest absolute Gasteiger partial charge is 0.123 e. The Hall–Kier alpha value is -1.12.